The van der Waals surface area contributed by atoms with Crippen molar-refractivity contribution in [1.29, 1.82) is 0 Å². The lowest BCUT2D eigenvalue weighted by Gasteiger charge is -2.43. The van der Waals surface area contributed by atoms with Crippen molar-refractivity contribution in [3.05, 3.63) is 29.3 Å². The number of fused-ring (bicyclic) bond motifs is 2. The van der Waals surface area contributed by atoms with Crippen LogP contribution in [0.1, 0.15) is 29.3 Å². The topological polar surface area (TPSA) is 66.9 Å². The van der Waals surface area contributed by atoms with Crippen LogP contribution in [0.2, 0.25) is 0 Å². The van der Waals surface area contributed by atoms with Gasteiger partial charge in [0, 0.05) is 24.7 Å². The molecule has 1 aromatic carbocycles. The number of carbonyl (C=O) groups excluding carboxylic acids is 1. The minimum absolute atomic E-state index is 0.0590. The number of hydrogen-bond donors (Lipinski definition) is 0. The third kappa shape index (κ3) is 3.04. The molecule has 0 aliphatic carbocycles. The first-order valence-corrected chi connectivity index (χ1v) is 10.8. The molecule has 4 rings (SSSR count). The van der Waals surface area contributed by atoms with E-state index in [9.17, 15) is 13.2 Å². The highest BCUT2D eigenvalue weighted by Crippen LogP contribution is 2.30. The second kappa shape index (κ2) is 6.29. The van der Waals surface area contributed by atoms with Crippen LogP contribution in [0.15, 0.2) is 18.2 Å². The first-order valence-electron chi connectivity index (χ1n) is 8.99. The fourth-order valence-electron chi connectivity index (χ4n) is 4.33. The van der Waals surface area contributed by atoms with Gasteiger partial charge in [-0.1, -0.05) is 6.92 Å². The number of amides is 1. The highest BCUT2D eigenvalue weighted by atomic mass is 32.2. The smallest absolute Gasteiger partial charge is 0.254 e. The summed E-state index contributed by atoms with van der Waals surface area (Å²) >= 11 is 0. The predicted octanol–water partition coefficient (Wildman–Crippen LogP) is 0.955. The fourth-order valence-corrected chi connectivity index (χ4v) is 6.34. The molecule has 136 valence electrons. The lowest BCUT2D eigenvalue weighted by molar-refractivity contribution is 0.0349. The number of likely N-dealkylation sites (N-methyl/N-ethyl adjacent to an activating group) is 1. The Morgan fingerprint density at radius 2 is 2.04 bits per heavy atom. The standard InChI is InChI=1S/C18H24N2O4S/c1-2-19-7-8-20(16-12-25(22,23)11-15(16)19)18(21)14-5-6-17-13(10-14)4-3-9-24-17/h5-6,10,15-16H,2-4,7-9,11-12H2,1H3/t15-,16+/m0/s1. The average molecular weight is 364 g/mol. The Balaban J connectivity index is 1.61. The van der Waals surface area contributed by atoms with E-state index in [1.54, 1.807) is 11.0 Å². The molecule has 0 radical (unpaired) electrons. The molecule has 0 unspecified atom stereocenters. The van der Waals surface area contributed by atoms with Crippen LogP contribution in [-0.4, -0.2) is 74.0 Å². The maximum absolute atomic E-state index is 13.1. The van der Waals surface area contributed by atoms with Crippen molar-refractivity contribution in [3.63, 3.8) is 0 Å². The van der Waals surface area contributed by atoms with Gasteiger partial charge < -0.3 is 9.64 Å². The first kappa shape index (κ1) is 16.8. The summed E-state index contributed by atoms with van der Waals surface area (Å²) in [5.74, 6) is 1.04. The second-order valence-electron chi connectivity index (χ2n) is 7.11. The molecule has 6 nitrogen and oxygen atoms in total. The molecule has 2 saturated heterocycles. The van der Waals surface area contributed by atoms with E-state index in [1.165, 1.54) is 0 Å². The molecule has 3 aliphatic rings. The summed E-state index contributed by atoms with van der Waals surface area (Å²) in [5, 5.41) is 0. The Labute approximate surface area is 148 Å². The van der Waals surface area contributed by atoms with Gasteiger partial charge >= 0.3 is 0 Å². The SMILES string of the molecule is CCN1CCN(C(=O)c2ccc3c(c2)CCCO3)[C@@H]2CS(=O)(=O)C[C@@H]21. The summed E-state index contributed by atoms with van der Waals surface area (Å²) in [6, 6.07) is 5.28. The van der Waals surface area contributed by atoms with Crippen molar-refractivity contribution in [2.45, 2.75) is 31.8 Å². The predicted molar refractivity (Wildman–Crippen MR) is 94.8 cm³/mol. The number of nitrogens with zero attached hydrogens (tertiary/aromatic N) is 2. The Morgan fingerprint density at radius 1 is 1.24 bits per heavy atom. The highest BCUT2D eigenvalue weighted by molar-refractivity contribution is 7.91. The van der Waals surface area contributed by atoms with Crippen molar-refractivity contribution in [3.8, 4) is 5.75 Å². The molecular formula is C18H24N2O4S. The van der Waals surface area contributed by atoms with Gasteiger partial charge in [-0.2, -0.15) is 0 Å². The van der Waals surface area contributed by atoms with Gasteiger partial charge in [0.15, 0.2) is 9.84 Å². The van der Waals surface area contributed by atoms with E-state index in [-0.39, 0.29) is 29.5 Å². The summed E-state index contributed by atoms with van der Waals surface area (Å²) < 4.78 is 30.0. The molecule has 3 aliphatic heterocycles. The van der Waals surface area contributed by atoms with Crippen LogP contribution < -0.4 is 4.74 Å². The normalized spacial score (nSPS) is 28.1. The zero-order valence-corrected chi connectivity index (χ0v) is 15.3. The number of piperazine rings is 1. The zero-order chi connectivity index (χ0) is 17.6. The average Bonchev–Trinajstić information content (AvgIpc) is 2.94. The molecule has 0 saturated carbocycles. The van der Waals surface area contributed by atoms with Gasteiger partial charge in [0.1, 0.15) is 5.75 Å². The Morgan fingerprint density at radius 3 is 2.84 bits per heavy atom. The van der Waals surface area contributed by atoms with Gasteiger partial charge in [0.25, 0.3) is 5.91 Å². The van der Waals surface area contributed by atoms with E-state index in [0.29, 0.717) is 12.1 Å². The van der Waals surface area contributed by atoms with E-state index in [2.05, 4.69) is 4.90 Å². The van der Waals surface area contributed by atoms with Crippen LogP contribution in [-0.2, 0) is 16.3 Å². The van der Waals surface area contributed by atoms with Crippen LogP contribution in [0.3, 0.4) is 0 Å². The van der Waals surface area contributed by atoms with Crippen molar-refractivity contribution in [2.75, 3.05) is 37.7 Å². The largest absolute Gasteiger partial charge is 0.493 e. The fraction of sp³-hybridized carbons (Fsp3) is 0.611. The maximum atomic E-state index is 13.1. The highest BCUT2D eigenvalue weighted by Gasteiger charge is 2.47. The maximum Gasteiger partial charge on any atom is 0.254 e. The third-order valence-electron chi connectivity index (χ3n) is 5.61. The van der Waals surface area contributed by atoms with Crippen LogP contribution in [0.4, 0.5) is 0 Å². The number of sulfone groups is 1. The van der Waals surface area contributed by atoms with Crippen LogP contribution in [0.5, 0.6) is 5.75 Å². The lowest BCUT2D eigenvalue weighted by atomic mass is 10.00. The van der Waals surface area contributed by atoms with Crippen LogP contribution in [0.25, 0.3) is 0 Å². The van der Waals surface area contributed by atoms with Gasteiger partial charge in [-0.25, -0.2) is 8.42 Å². The Kier molecular flexibility index (Phi) is 4.24. The molecule has 2 atom stereocenters. The molecule has 2 fully saturated rings. The third-order valence-corrected chi connectivity index (χ3v) is 7.31. The number of rotatable bonds is 2. The lowest BCUT2D eigenvalue weighted by Crippen LogP contribution is -2.60. The molecular weight excluding hydrogens is 340 g/mol. The molecule has 1 aromatic rings. The monoisotopic (exact) mass is 364 g/mol. The Bertz CT molecular complexity index is 792. The van der Waals surface area contributed by atoms with Gasteiger partial charge in [-0.05, 0) is 43.1 Å². The molecule has 0 spiro atoms. The second-order valence-corrected chi connectivity index (χ2v) is 9.27. The summed E-state index contributed by atoms with van der Waals surface area (Å²) in [6.07, 6.45) is 1.88. The summed E-state index contributed by atoms with van der Waals surface area (Å²) in [6.45, 7) is 4.89. The molecule has 3 heterocycles. The van der Waals surface area contributed by atoms with E-state index >= 15 is 0 Å². The summed E-state index contributed by atoms with van der Waals surface area (Å²) in [4.78, 5) is 17.1. The van der Waals surface area contributed by atoms with Crippen molar-refractivity contribution in [2.24, 2.45) is 0 Å². The number of hydrogen-bond acceptors (Lipinski definition) is 5. The number of benzene rings is 1. The zero-order valence-electron chi connectivity index (χ0n) is 14.5. The van der Waals surface area contributed by atoms with Gasteiger partial charge in [-0.3, -0.25) is 9.69 Å². The van der Waals surface area contributed by atoms with E-state index in [0.717, 1.165) is 43.9 Å². The van der Waals surface area contributed by atoms with E-state index < -0.39 is 9.84 Å². The minimum Gasteiger partial charge on any atom is -0.493 e. The van der Waals surface area contributed by atoms with Crippen molar-refractivity contribution >= 4 is 15.7 Å². The first-order chi connectivity index (χ1) is 12.0. The molecule has 7 heteroatoms. The molecule has 25 heavy (non-hydrogen) atoms. The quantitative estimate of drug-likeness (QED) is 0.782. The van der Waals surface area contributed by atoms with Crippen LogP contribution in [0, 0.1) is 0 Å². The van der Waals surface area contributed by atoms with Gasteiger partial charge in [0.2, 0.25) is 0 Å². The number of carbonyl (C=O) groups is 1. The van der Waals surface area contributed by atoms with Crippen molar-refractivity contribution in [1.82, 2.24) is 9.80 Å². The number of ether oxygens (including phenoxy) is 1. The van der Waals surface area contributed by atoms with Crippen molar-refractivity contribution < 1.29 is 17.9 Å². The van der Waals surface area contributed by atoms with Gasteiger partial charge in [-0.15, -0.1) is 0 Å². The molecule has 1 amide bonds. The Hall–Kier alpha value is -1.60. The molecule has 0 aromatic heterocycles. The minimum atomic E-state index is -3.09. The van der Waals surface area contributed by atoms with E-state index in [1.807, 2.05) is 19.1 Å². The van der Waals surface area contributed by atoms with Gasteiger partial charge in [0.05, 0.1) is 24.2 Å². The molecule has 0 bridgehead atoms. The number of aryl methyl sites for hydroxylation is 1. The summed E-state index contributed by atoms with van der Waals surface area (Å²) in [5.41, 5.74) is 1.71. The van der Waals surface area contributed by atoms with E-state index in [4.69, 9.17) is 4.74 Å². The molecule has 0 N–H and O–H groups in total. The van der Waals surface area contributed by atoms with Crippen LogP contribution >= 0.6 is 0 Å². The summed E-state index contributed by atoms with van der Waals surface area (Å²) in [7, 11) is -3.09.